The standard InChI is InChI=1S/C16H23N3O3.C13H18N2O3/c1-7-22-15(21)12-11-13(19(6)17-12)14(20)10(9-18(4)5)8-16(11,2)3;1-5-18-12(17)10-9-11(15(4)14-10)8(16)6-7-13(9,2)3/h9H,7-8H2,1-6H3;5-7H2,1-4H3/b10-9-;. The normalized spacial score (nSPS) is 17.9. The summed E-state index contributed by atoms with van der Waals surface area (Å²) in [6.45, 7) is 12.2. The van der Waals surface area contributed by atoms with Crippen LogP contribution in [0.15, 0.2) is 11.8 Å². The van der Waals surface area contributed by atoms with Gasteiger partial charge >= 0.3 is 11.9 Å². The molecule has 2 aromatic rings. The summed E-state index contributed by atoms with van der Waals surface area (Å²) in [5.74, 6) is -0.944. The first-order chi connectivity index (χ1) is 18.6. The molecule has 2 aromatic heterocycles. The topological polar surface area (TPSA) is 126 Å². The maximum atomic E-state index is 12.7. The molecule has 0 unspecified atom stereocenters. The second-order valence-corrected chi connectivity index (χ2v) is 11.6. The van der Waals surface area contributed by atoms with Crippen LogP contribution < -0.4 is 0 Å². The molecule has 2 aliphatic carbocycles. The van der Waals surface area contributed by atoms with Gasteiger partial charge in [-0.25, -0.2) is 9.59 Å². The molecule has 0 amide bonds. The molecule has 0 N–H and O–H groups in total. The molecule has 2 heterocycles. The van der Waals surface area contributed by atoms with Crippen LogP contribution in [0.4, 0.5) is 0 Å². The Morgan fingerprint density at radius 2 is 1.35 bits per heavy atom. The molecule has 0 radical (unpaired) electrons. The Hall–Kier alpha value is -3.76. The van der Waals surface area contributed by atoms with Gasteiger partial charge in [-0.2, -0.15) is 10.2 Å². The van der Waals surface area contributed by atoms with Crippen molar-refractivity contribution in [3.8, 4) is 0 Å². The quantitative estimate of drug-likeness (QED) is 0.400. The molecule has 0 saturated heterocycles. The van der Waals surface area contributed by atoms with Crippen LogP contribution in [0, 0.1) is 0 Å². The highest BCUT2D eigenvalue weighted by Crippen LogP contribution is 2.41. The number of nitrogens with zero attached hydrogens (tertiary/aromatic N) is 5. The average Bonchev–Trinajstić information content (AvgIpc) is 3.40. The zero-order valence-corrected chi connectivity index (χ0v) is 25.3. The van der Waals surface area contributed by atoms with Crippen LogP contribution in [0.1, 0.15) is 114 Å². The molecule has 4 rings (SSSR count). The van der Waals surface area contributed by atoms with E-state index in [1.54, 1.807) is 27.9 Å². The summed E-state index contributed by atoms with van der Waals surface area (Å²) < 4.78 is 13.1. The molecule has 0 saturated carbocycles. The fourth-order valence-corrected chi connectivity index (χ4v) is 5.48. The highest BCUT2D eigenvalue weighted by molar-refractivity contribution is 6.11. The first kappa shape index (κ1) is 30.8. The third kappa shape index (κ3) is 5.73. The maximum absolute atomic E-state index is 12.7. The minimum Gasteiger partial charge on any atom is -0.461 e. The van der Waals surface area contributed by atoms with Gasteiger partial charge in [0.25, 0.3) is 0 Å². The number of aryl methyl sites for hydroxylation is 2. The Bertz CT molecular complexity index is 1380. The van der Waals surface area contributed by atoms with E-state index in [0.717, 1.165) is 17.6 Å². The van der Waals surface area contributed by atoms with Crippen LogP contribution in [-0.2, 0) is 34.4 Å². The predicted molar refractivity (Wildman–Crippen MR) is 149 cm³/mol. The number of Topliss-reactive ketones (excluding diaryl/α,β-unsaturated/α-hetero) is 2. The highest BCUT2D eigenvalue weighted by Gasteiger charge is 2.43. The molecule has 0 aliphatic heterocycles. The molecule has 0 spiro atoms. The monoisotopic (exact) mass is 555 g/mol. The third-order valence-corrected chi connectivity index (χ3v) is 7.18. The van der Waals surface area contributed by atoms with E-state index in [4.69, 9.17) is 9.47 Å². The maximum Gasteiger partial charge on any atom is 0.359 e. The highest BCUT2D eigenvalue weighted by atomic mass is 16.5. The minimum absolute atomic E-state index is 0.0508. The van der Waals surface area contributed by atoms with Gasteiger partial charge < -0.3 is 14.4 Å². The van der Waals surface area contributed by atoms with Gasteiger partial charge in [-0.1, -0.05) is 27.7 Å². The Labute approximate surface area is 235 Å². The van der Waals surface area contributed by atoms with Crippen LogP contribution in [0.25, 0.3) is 0 Å². The van der Waals surface area contributed by atoms with Gasteiger partial charge in [0.2, 0.25) is 5.78 Å². The van der Waals surface area contributed by atoms with Gasteiger partial charge in [0.1, 0.15) is 11.4 Å². The van der Waals surface area contributed by atoms with Crippen molar-refractivity contribution in [3.05, 3.63) is 45.7 Å². The summed E-state index contributed by atoms with van der Waals surface area (Å²) in [5, 5.41) is 8.43. The SMILES string of the molecule is CCOC(=O)c1nn(C)c2c1C(C)(C)C/C(=C/N(C)C)C2=O.CCOC(=O)c1nn(C)c2c1C(C)(C)CCC2=O. The predicted octanol–water partition coefficient (Wildman–Crippen LogP) is 3.76. The van der Waals surface area contributed by atoms with Crippen molar-refractivity contribution in [1.82, 2.24) is 24.5 Å². The molecular formula is C29H41N5O6. The first-order valence-corrected chi connectivity index (χ1v) is 13.5. The van der Waals surface area contributed by atoms with Gasteiger partial charge in [-0.05, 0) is 37.5 Å². The smallest absolute Gasteiger partial charge is 0.359 e. The molecule has 218 valence electrons. The van der Waals surface area contributed by atoms with Crippen molar-refractivity contribution < 1.29 is 28.7 Å². The van der Waals surface area contributed by atoms with E-state index in [2.05, 4.69) is 10.2 Å². The number of aromatic nitrogens is 4. The molecule has 11 nitrogen and oxygen atoms in total. The summed E-state index contributed by atoms with van der Waals surface area (Å²) in [4.78, 5) is 50.6. The lowest BCUT2D eigenvalue weighted by Crippen LogP contribution is -2.32. The number of hydrogen-bond acceptors (Lipinski definition) is 9. The molecule has 2 aliphatic rings. The van der Waals surface area contributed by atoms with Crippen LogP contribution >= 0.6 is 0 Å². The van der Waals surface area contributed by atoms with Crippen LogP contribution in [0.3, 0.4) is 0 Å². The molecule has 0 fully saturated rings. The number of allylic oxidation sites excluding steroid dienone is 1. The summed E-state index contributed by atoms with van der Waals surface area (Å²) in [7, 11) is 7.15. The average molecular weight is 556 g/mol. The van der Waals surface area contributed by atoms with Crippen LogP contribution in [0.5, 0.6) is 0 Å². The van der Waals surface area contributed by atoms with E-state index < -0.39 is 11.9 Å². The molecule has 0 aromatic carbocycles. The van der Waals surface area contributed by atoms with Gasteiger partial charge in [0.05, 0.1) is 13.2 Å². The lowest BCUT2D eigenvalue weighted by Gasteiger charge is -2.31. The van der Waals surface area contributed by atoms with Crippen LogP contribution in [0.2, 0.25) is 0 Å². The number of esters is 2. The third-order valence-electron chi connectivity index (χ3n) is 7.18. The van der Waals surface area contributed by atoms with E-state index in [-0.39, 0.29) is 40.4 Å². The molecule has 11 heteroatoms. The van der Waals surface area contributed by atoms with Crippen molar-refractivity contribution in [1.29, 1.82) is 0 Å². The number of fused-ring (bicyclic) bond motifs is 2. The summed E-state index contributed by atoms with van der Waals surface area (Å²) in [6, 6.07) is 0. The largest absolute Gasteiger partial charge is 0.461 e. The molecule has 0 bridgehead atoms. The molecule has 40 heavy (non-hydrogen) atoms. The van der Waals surface area contributed by atoms with Crippen molar-refractivity contribution >= 4 is 23.5 Å². The second-order valence-electron chi connectivity index (χ2n) is 11.6. The van der Waals surface area contributed by atoms with Gasteiger partial charge in [0, 0.05) is 57.5 Å². The van der Waals surface area contributed by atoms with Gasteiger partial charge in [0.15, 0.2) is 17.2 Å². The fraction of sp³-hybridized carbons (Fsp3) is 0.586. The van der Waals surface area contributed by atoms with E-state index in [0.29, 0.717) is 36.4 Å². The molecule has 0 atom stereocenters. The number of rotatable bonds is 5. The van der Waals surface area contributed by atoms with Crippen molar-refractivity contribution in [2.24, 2.45) is 14.1 Å². The van der Waals surface area contributed by atoms with Crippen molar-refractivity contribution in [2.45, 2.75) is 71.6 Å². The van der Waals surface area contributed by atoms with E-state index in [1.165, 1.54) is 9.36 Å². The summed E-state index contributed by atoms with van der Waals surface area (Å²) in [5.41, 5.74) is 3.13. The Morgan fingerprint density at radius 3 is 1.82 bits per heavy atom. The van der Waals surface area contributed by atoms with Crippen LogP contribution in [-0.4, -0.2) is 75.3 Å². The van der Waals surface area contributed by atoms with Crippen molar-refractivity contribution in [3.63, 3.8) is 0 Å². The Balaban J connectivity index is 0.000000225. The van der Waals surface area contributed by atoms with E-state index in [1.807, 2.05) is 52.9 Å². The fourth-order valence-electron chi connectivity index (χ4n) is 5.48. The summed E-state index contributed by atoms with van der Waals surface area (Å²) >= 11 is 0. The number of carbonyl (C=O) groups excluding carboxylic acids is 4. The Morgan fingerprint density at radius 1 is 0.875 bits per heavy atom. The minimum atomic E-state index is -0.472. The Kier molecular flexibility index (Phi) is 8.76. The lowest BCUT2D eigenvalue weighted by atomic mass is 9.71. The number of ketones is 2. The van der Waals surface area contributed by atoms with E-state index in [9.17, 15) is 19.2 Å². The number of carbonyl (C=O) groups is 4. The van der Waals surface area contributed by atoms with Gasteiger partial charge in [-0.3, -0.25) is 19.0 Å². The number of hydrogen-bond donors (Lipinski definition) is 0. The van der Waals surface area contributed by atoms with Gasteiger partial charge in [-0.15, -0.1) is 0 Å². The number of ether oxygens (including phenoxy) is 2. The van der Waals surface area contributed by atoms with E-state index >= 15 is 0 Å². The second kappa shape index (κ2) is 11.4. The lowest BCUT2D eigenvalue weighted by molar-refractivity contribution is 0.0506. The molecular weight excluding hydrogens is 514 g/mol. The zero-order chi connectivity index (χ0) is 30.2. The van der Waals surface area contributed by atoms with Crippen molar-refractivity contribution in [2.75, 3.05) is 27.3 Å². The zero-order valence-electron chi connectivity index (χ0n) is 25.3. The first-order valence-electron chi connectivity index (χ1n) is 13.5. The summed E-state index contributed by atoms with van der Waals surface area (Å²) in [6.07, 6.45) is 3.64.